The number of rotatable bonds is 3. The molecule has 1 aliphatic rings. The molecule has 1 aromatic rings. The monoisotopic (exact) mass is 386 g/mol. The van der Waals surface area contributed by atoms with E-state index in [1.807, 2.05) is 0 Å². The Morgan fingerprint density at radius 1 is 1.08 bits per heavy atom. The summed E-state index contributed by atoms with van der Waals surface area (Å²) in [6, 6.07) is 1.49. The number of aryl methyl sites for hydroxylation is 2. The van der Waals surface area contributed by atoms with Crippen LogP contribution in [0.25, 0.3) is 0 Å². The van der Waals surface area contributed by atoms with Gasteiger partial charge in [-0.05, 0) is 37.1 Å². The van der Waals surface area contributed by atoms with Gasteiger partial charge in [0.1, 0.15) is 0 Å². The van der Waals surface area contributed by atoms with E-state index >= 15 is 0 Å². The molecule has 1 aliphatic heterocycles. The molecule has 0 bridgehead atoms. The van der Waals surface area contributed by atoms with Gasteiger partial charge in [0, 0.05) is 24.1 Å². The zero-order chi connectivity index (χ0) is 19.2. The van der Waals surface area contributed by atoms with Crippen molar-refractivity contribution in [3.05, 3.63) is 28.8 Å². The van der Waals surface area contributed by atoms with Crippen LogP contribution >= 0.6 is 11.8 Å². The highest BCUT2D eigenvalue weighted by molar-refractivity contribution is 8.14. The quantitative estimate of drug-likeness (QED) is 0.793. The second kappa shape index (κ2) is 6.39. The Hall–Kier alpha value is -1.42. The molecule has 0 saturated carbocycles. The number of benzene rings is 1. The first-order valence-electron chi connectivity index (χ1n) is 7.19. The van der Waals surface area contributed by atoms with Crippen molar-refractivity contribution < 1.29 is 31.4 Å². The van der Waals surface area contributed by atoms with Crippen molar-refractivity contribution in [1.82, 2.24) is 0 Å². The highest BCUT2D eigenvalue weighted by atomic mass is 32.2. The average molecular weight is 386 g/mol. The summed E-state index contributed by atoms with van der Waals surface area (Å²) in [5.41, 5.74) is -0.333. The number of amidine groups is 1. The minimum Gasteiger partial charge on any atom is -0.350 e. The van der Waals surface area contributed by atoms with Gasteiger partial charge in [0.2, 0.25) is 0 Å². The third-order valence-corrected chi connectivity index (χ3v) is 4.89. The van der Waals surface area contributed by atoms with E-state index in [2.05, 4.69) is 4.99 Å². The molecule has 0 aliphatic carbocycles. The van der Waals surface area contributed by atoms with Gasteiger partial charge in [0.15, 0.2) is 5.17 Å². The van der Waals surface area contributed by atoms with Crippen LogP contribution in [0.2, 0.25) is 0 Å². The van der Waals surface area contributed by atoms with Crippen LogP contribution in [0.3, 0.4) is 0 Å². The second-order valence-electron chi connectivity index (χ2n) is 5.72. The number of halogens is 6. The predicted molar refractivity (Wildman–Crippen MR) is 85.1 cm³/mol. The number of aliphatic imine (C=N–C) groups is 1. The third kappa shape index (κ3) is 3.33. The molecule has 25 heavy (non-hydrogen) atoms. The first kappa shape index (κ1) is 19.9. The Bertz CT molecular complexity index is 679. The molecular formula is C15H16F6N2OS. The summed E-state index contributed by atoms with van der Waals surface area (Å²) in [4.78, 5) is 5.89. The number of hydrogen-bond acceptors (Lipinski definition) is 4. The van der Waals surface area contributed by atoms with Crippen molar-refractivity contribution in [1.29, 1.82) is 0 Å². The van der Waals surface area contributed by atoms with E-state index in [9.17, 15) is 26.3 Å². The molecule has 0 aromatic heterocycles. The van der Waals surface area contributed by atoms with Gasteiger partial charge in [-0.25, -0.2) is 0 Å². The van der Waals surface area contributed by atoms with Crippen molar-refractivity contribution in [3.63, 3.8) is 0 Å². The van der Waals surface area contributed by atoms with Crippen LogP contribution < -0.4 is 4.90 Å². The molecule has 1 N–H and O–H groups in total. The average Bonchev–Trinajstić information content (AvgIpc) is 2.98. The Labute approximate surface area is 144 Å². The van der Waals surface area contributed by atoms with Gasteiger partial charge in [-0.15, -0.1) is 0 Å². The Kier molecular flexibility index (Phi) is 5.08. The fourth-order valence-corrected chi connectivity index (χ4v) is 3.49. The maximum absolute atomic E-state index is 14.0. The molecule has 1 heterocycles. The van der Waals surface area contributed by atoms with Crippen LogP contribution in [0.1, 0.15) is 16.7 Å². The van der Waals surface area contributed by atoms with Gasteiger partial charge in [0.05, 0.1) is 6.54 Å². The SMILES string of the molecule is Cc1cc(C(F)(F)C(O)(F)C(F)(F)F)cc(C)c1N(C)C1=NCCS1. The van der Waals surface area contributed by atoms with Crippen molar-refractivity contribution in [3.8, 4) is 0 Å². The van der Waals surface area contributed by atoms with Crippen molar-refractivity contribution in [2.45, 2.75) is 31.8 Å². The molecule has 2 rings (SSSR count). The van der Waals surface area contributed by atoms with Gasteiger partial charge in [-0.3, -0.25) is 4.99 Å². The molecule has 3 nitrogen and oxygen atoms in total. The van der Waals surface area contributed by atoms with E-state index < -0.39 is 23.5 Å². The highest BCUT2D eigenvalue weighted by Crippen LogP contribution is 2.49. The zero-order valence-corrected chi connectivity index (χ0v) is 14.4. The predicted octanol–water partition coefficient (Wildman–Crippen LogP) is 4.15. The lowest BCUT2D eigenvalue weighted by atomic mass is 9.95. The minimum atomic E-state index is -6.14. The molecule has 0 amide bonds. The Morgan fingerprint density at radius 2 is 1.60 bits per heavy atom. The van der Waals surface area contributed by atoms with Crippen molar-refractivity contribution in [2.24, 2.45) is 4.99 Å². The lowest BCUT2D eigenvalue weighted by molar-refractivity contribution is -0.390. The van der Waals surface area contributed by atoms with Crippen molar-refractivity contribution in [2.75, 3.05) is 24.2 Å². The lowest BCUT2D eigenvalue weighted by Crippen LogP contribution is -2.53. The van der Waals surface area contributed by atoms with E-state index in [1.54, 1.807) is 11.9 Å². The molecule has 1 unspecified atom stereocenters. The highest BCUT2D eigenvalue weighted by Gasteiger charge is 2.71. The van der Waals surface area contributed by atoms with Crippen LogP contribution in [0.5, 0.6) is 0 Å². The molecular weight excluding hydrogens is 370 g/mol. The van der Waals surface area contributed by atoms with E-state index in [0.29, 0.717) is 17.4 Å². The summed E-state index contributed by atoms with van der Waals surface area (Å²) >= 11 is 1.46. The summed E-state index contributed by atoms with van der Waals surface area (Å²) in [6.07, 6.45) is -6.14. The number of thioether (sulfide) groups is 1. The molecule has 0 fully saturated rings. The van der Waals surface area contributed by atoms with Crippen LogP contribution in [0.15, 0.2) is 17.1 Å². The number of aliphatic hydroxyl groups is 1. The first-order valence-corrected chi connectivity index (χ1v) is 8.17. The number of alkyl halides is 6. The molecule has 1 atom stereocenters. The van der Waals surface area contributed by atoms with Gasteiger partial charge >= 0.3 is 18.0 Å². The summed E-state index contributed by atoms with van der Waals surface area (Å²) in [5, 5.41) is 9.45. The summed E-state index contributed by atoms with van der Waals surface area (Å²) in [7, 11) is 1.66. The normalized spacial score (nSPS) is 18.1. The lowest BCUT2D eigenvalue weighted by Gasteiger charge is -2.31. The Balaban J connectivity index is 2.49. The molecule has 0 saturated heterocycles. The number of nitrogens with zero attached hydrogens (tertiary/aromatic N) is 2. The first-order chi connectivity index (χ1) is 11.3. The van der Waals surface area contributed by atoms with Gasteiger partial charge < -0.3 is 10.0 Å². The fourth-order valence-electron chi connectivity index (χ4n) is 2.66. The molecule has 0 spiro atoms. The molecule has 0 radical (unpaired) electrons. The summed E-state index contributed by atoms with van der Waals surface area (Å²) in [6.45, 7) is 3.45. The van der Waals surface area contributed by atoms with Crippen LogP contribution in [0, 0.1) is 13.8 Å². The zero-order valence-electron chi connectivity index (χ0n) is 13.6. The smallest absolute Gasteiger partial charge is 0.350 e. The maximum atomic E-state index is 14.0. The van der Waals surface area contributed by atoms with Gasteiger partial charge in [-0.1, -0.05) is 11.8 Å². The summed E-state index contributed by atoms with van der Waals surface area (Å²) in [5.74, 6) is -10.1. The van der Waals surface area contributed by atoms with Crippen LogP contribution in [0.4, 0.5) is 32.0 Å². The topological polar surface area (TPSA) is 35.8 Å². The number of hydrogen-bond donors (Lipinski definition) is 1. The van der Waals surface area contributed by atoms with E-state index in [1.165, 1.54) is 25.6 Å². The van der Waals surface area contributed by atoms with Crippen molar-refractivity contribution >= 4 is 22.6 Å². The van der Waals surface area contributed by atoms with Gasteiger partial charge in [0.25, 0.3) is 0 Å². The molecule has 1 aromatic carbocycles. The fraction of sp³-hybridized carbons (Fsp3) is 0.533. The van der Waals surface area contributed by atoms with Crippen LogP contribution in [-0.2, 0) is 5.92 Å². The minimum absolute atomic E-state index is 0.213. The maximum Gasteiger partial charge on any atom is 0.455 e. The number of anilines is 1. The van der Waals surface area contributed by atoms with Crippen LogP contribution in [-0.4, -0.2) is 41.7 Å². The second-order valence-corrected chi connectivity index (χ2v) is 6.79. The van der Waals surface area contributed by atoms with E-state index in [0.717, 1.165) is 17.9 Å². The molecule has 10 heteroatoms. The van der Waals surface area contributed by atoms with E-state index in [-0.39, 0.29) is 11.1 Å². The summed E-state index contributed by atoms with van der Waals surface area (Å²) < 4.78 is 79.0. The molecule has 140 valence electrons. The third-order valence-electron chi connectivity index (χ3n) is 3.84. The van der Waals surface area contributed by atoms with Gasteiger partial charge in [-0.2, -0.15) is 26.3 Å². The largest absolute Gasteiger partial charge is 0.455 e. The standard InChI is InChI=1S/C15H16F6N2OS/c1-8-6-10(13(16,17)14(18,24)15(19,20)21)7-9(2)11(8)23(3)12-22-4-5-25-12/h6-7,24H,4-5H2,1-3H3. The van der Waals surface area contributed by atoms with E-state index in [4.69, 9.17) is 5.11 Å². The Morgan fingerprint density at radius 3 is 2.00 bits per heavy atom.